The van der Waals surface area contributed by atoms with E-state index in [9.17, 15) is 0 Å². The van der Waals surface area contributed by atoms with E-state index in [1.54, 1.807) is 0 Å². The van der Waals surface area contributed by atoms with Crippen LogP contribution in [0.2, 0.25) is 0 Å². The predicted octanol–water partition coefficient (Wildman–Crippen LogP) is 6.59. The van der Waals surface area contributed by atoms with Crippen molar-refractivity contribution in [1.29, 1.82) is 0 Å². The van der Waals surface area contributed by atoms with Gasteiger partial charge in [-0.25, -0.2) is 0 Å². The van der Waals surface area contributed by atoms with E-state index in [-0.39, 0.29) is 0 Å². The maximum absolute atomic E-state index is 16.7. The van der Waals surface area contributed by atoms with Gasteiger partial charge in [-0.15, -0.1) is 0 Å². The highest BCUT2D eigenvalue weighted by Crippen LogP contribution is 2.53. The fourth-order valence-electron chi connectivity index (χ4n) is 7.71. The zero-order chi connectivity index (χ0) is 31.4. The predicted molar refractivity (Wildman–Crippen MR) is 198 cm³/mol. The topological polar surface area (TPSA) is 29.5 Å². The van der Waals surface area contributed by atoms with Gasteiger partial charge in [0.2, 0.25) is 0 Å². The summed E-state index contributed by atoms with van der Waals surface area (Å²) in [5.74, 6) is 1.54. The van der Waals surface area contributed by atoms with Crippen LogP contribution in [0.15, 0.2) is 182 Å². The Morgan fingerprint density at radius 3 is 1.53 bits per heavy atom. The van der Waals surface area contributed by atoms with E-state index in [0.29, 0.717) is 0 Å². The monoisotopic (exact) mass is 639 g/mol. The average Bonchev–Trinajstić information content (AvgIpc) is 3.15. The second kappa shape index (κ2) is 10.8. The molecule has 3 nitrogen and oxygen atoms in total. The molecular weight excluding hydrogens is 610 g/mol. The van der Waals surface area contributed by atoms with Crippen LogP contribution in [-0.2, 0) is 4.57 Å². The fourth-order valence-corrected chi connectivity index (χ4v) is 17.5. The highest BCUT2D eigenvalue weighted by atomic mass is 31.2. The summed E-state index contributed by atoms with van der Waals surface area (Å²) in [5.41, 5.74) is 2.76. The van der Waals surface area contributed by atoms with Crippen LogP contribution in [0.1, 0.15) is 0 Å². The Balaban J connectivity index is 1.49. The van der Waals surface area contributed by atoms with Crippen molar-refractivity contribution in [2.75, 3.05) is 4.90 Å². The molecule has 0 N–H and O–H groups in total. The first-order valence-corrected chi connectivity index (χ1v) is 19.6. The number of fused-ring (bicyclic) bond motifs is 4. The van der Waals surface area contributed by atoms with Crippen LogP contribution >= 0.6 is 7.14 Å². The van der Waals surface area contributed by atoms with Gasteiger partial charge >= 0.3 is 0 Å². The zero-order valence-corrected chi connectivity index (χ0v) is 27.4. The number of hydrogen-bond donors (Lipinski definition) is 0. The first-order valence-electron chi connectivity index (χ1n) is 15.9. The van der Waals surface area contributed by atoms with Crippen LogP contribution in [0.25, 0.3) is 0 Å². The summed E-state index contributed by atoms with van der Waals surface area (Å²) in [6.07, 6.45) is 0. The Labute approximate surface area is 275 Å². The second-order valence-electron chi connectivity index (χ2n) is 12.0. The molecule has 0 saturated heterocycles. The van der Waals surface area contributed by atoms with Crippen LogP contribution < -0.4 is 46.3 Å². The van der Waals surface area contributed by atoms with Crippen molar-refractivity contribution in [2.24, 2.45) is 0 Å². The average molecular weight is 640 g/mol. The van der Waals surface area contributed by atoms with Crippen LogP contribution in [0.3, 0.4) is 0 Å². The first kappa shape index (κ1) is 27.9. The van der Waals surface area contributed by atoms with Crippen molar-refractivity contribution in [3.05, 3.63) is 182 Å². The van der Waals surface area contributed by atoms with Crippen LogP contribution in [0.5, 0.6) is 11.5 Å². The summed E-state index contributed by atoms with van der Waals surface area (Å²) in [7, 11) is -6.45. The third-order valence-electron chi connectivity index (χ3n) is 9.59. The standard InChI is InChI=1S/C42H30NO2PSi/c44-46(31-17-4-1-5-18-31)39-28-14-15-29-40(39)47(32-19-6-2-7-20-32,33-21-8-3-9-22-33)41-30-16-25-36(42(41)46)43-34-23-10-12-26-37(34)45-38-27-13-11-24-35(38)43/h1-30H. The molecule has 0 saturated carbocycles. The number of para-hydroxylation sites is 4. The Kier molecular flexibility index (Phi) is 6.43. The molecule has 2 aliphatic heterocycles. The molecule has 7 aromatic rings. The number of rotatable bonds is 4. The first-order chi connectivity index (χ1) is 23.2. The molecule has 0 amide bonds. The number of ether oxygens (including phenoxy) is 1. The quantitative estimate of drug-likeness (QED) is 0.161. The van der Waals surface area contributed by atoms with Gasteiger partial charge in [0.25, 0.3) is 0 Å². The summed E-state index contributed by atoms with van der Waals surface area (Å²) < 4.78 is 23.1. The second-order valence-corrected chi connectivity index (χ2v) is 18.4. The maximum Gasteiger partial charge on any atom is 0.181 e. The lowest BCUT2D eigenvalue weighted by Crippen LogP contribution is -2.82. The fraction of sp³-hybridized carbons (Fsp3) is 0. The molecule has 1 atom stereocenters. The van der Waals surface area contributed by atoms with Crippen LogP contribution in [-0.4, -0.2) is 8.07 Å². The largest absolute Gasteiger partial charge is 0.453 e. The van der Waals surface area contributed by atoms with Gasteiger partial charge in [-0.3, -0.25) is 0 Å². The maximum atomic E-state index is 16.7. The van der Waals surface area contributed by atoms with E-state index in [4.69, 9.17) is 4.74 Å². The molecule has 2 heterocycles. The Morgan fingerprint density at radius 2 is 0.915 bits per heavy atom. The summed E-state index contributed by atoms with van der Waals surface area (Å²) in [6.45, 7) is 0. The highest BCUT2D eigenvalue weighted by molar-refractivity contribution is 7.87. The number of anilines is 3. The lowest BCUT2D eigenvalue weighted by Gasteiger charge is -2.45. The molecular formula is C42H30NO2PSi. The van der Waals surface area contributed by atoms with Gasteiger partial charge in [-0.2, -0.15) is 0 Å². The van der Waals surface area contributed by atoms with Gasteiger partial charge < -0.3 is 14.2 Å². The smallest absolute Gasteiger partial charge is 0.181 e. The number of benzene rings is 7. The molecule has 0 aliphatic carbocycles. The third kappa shape index (κ3) is 3.96. The molecule has 0 radical (unpaired) electrons. The molecule has 47 heavy (non-hydrogen) atoms. The molecule has 0 bridgehead atoms. The Hall–Kier alpha value is -5.41. The van der Waals surface area contributed by atoms with Gasteiger partial charge in [0.15, 0.2) is 26.7 Å². The third-order valence-corrected chi connectivity index (χ3v) is 18.1. The van der Waals surface area contributed by atoms with Crippen molar-refractivity contribution < 1.29 is 9.30 Å². The minimum absolute atomic E-state index is 0.768. The highest BCUT2D eigenvalue weighted by Gasteiger charge is 2.54. The van der Waals surface area contributed by atoms with E-state index in [1.807, 2.05) is 66.7 Å². The van der Waals surface area contributed by atoms with Gasteiger partial charge in [0.1, 0.15) is 0 Å². The van der Waals surface area contributed by atoms with E-state index in [2.05, 4.69) is 120 Å². The van der Waals surface area contributed by atoms with Crippen molar-refractivity contribution in [3.8, 4) is 11.5 Å². The molecule has 5 heteroatoms. The summed E-state index contributed by atoms with van der Waals surface area (Å²) in [4.78, 5) is 2.27. The Bertz CT molecular complexity index is 2240. The van der Waals surface area contributed by atoms with Crippen LogP contribution in [0.4, 0.5) is 17.1 Å². The van der Waals surface area contributed by atoms with E-state index < -0.39 is 15.2 Å². The lowest BCUT2D eigenvalue weighted by atomic mass is 10.1. The van der Waals surface area contributed by atoms with E-state index in [0.717, 1.165) is 49.7 Å². The summed E-state index contributed by atoms with van der Waals surface area (Å²) in [6, 6.07) is 63.3. The van der Waals surface area contributed by atoms with Gasteiger partial charge in [-0.1, -0.05) is 152 Å². The molecule has 7 aromatic carbocycles. The molecule has 2 aliphatic rings. The number of hydrogen-bond acceptors (Lipinski definition) is 3. The summed E-state index contributed by atoms with van der Waals surface area (Å²) >= 11 is 0. The molecule has 0 fully saturated rings. The number of nitrogens with zero attached hydrogens (tertiary/aromatic N) is 1. The minimum atomic E-state index is -3.44. The van der Waals surface area contributed by atoms with Crippen molar-refractivity contribution in [3.63, 3.8) is 0 Å². The van der Waals surface area contributed by atoms with Gasteiger partial charge in [0, 0.05) is 15.9 Å². The molecule has 0 spiro atoms. The molecule has 0 aromatic heterocycles. The van der Waals surface area contributed by atoms with Crippen molar-refractivity contribution in [2.45, 2.75) is 0 Å². The Morgan fingerprint density at radius 1 is 0.447 bits per heavy atom. The van der Waals surface area contributed by atoms with Crippen LogP contribution in [0, 0.1) is 0 Å². The van der Waals surface area contributed by atoms with E-state index >= 15 is 4.57 Å². The molecule has 9 rings (SSSR count). The minimum Gasteiger partial charge on any atom is -0.453 e. The van der Waals surface area contributed by atoms with Gasteiger partial charge in [-0.05, 0) is 51.1 Å². The molecule has 1 unspecified atom stereocenters. The zero-order valence-electron chi connectivity index (χ0n) is 25.5. The van der Waals surface area contributed by atoms with Crippen molar-refractivity contribution in [1.82, 2.24) is 0 Å². The van der Waals surface area contributed by atoms with Crippen molar-refractivity contribution >= 4 is 68.9 Å². The lowest BCUT2D eigenvalue weighted by molar-refractivity contribution is 0.477. The van der Waals surface area contributed by atoms with Gasteiger partial charge in [0.05, 0.1) is 17.1 Å². The van der Waals surface area contributed by atoms with E-state index in [1.165, 1.54) is 15.6 Å². The normalized spacial score (nSPS) is 17.0. The summed E-state index contributed by atoms with van der Waals surface area (Å²) in [5, 5.41) is 7.51. The molecule has 224 valence electrons. The SMILES string of the molecule is O=P1(c2ccccc2)c2ccccc2[Si](c2ccccc2)(c2ccccc2)c2cccc(N3c4ccccc4Oc4ccccc43)c21.